The Morgan fingerprint density at radius 1 is 1.28 bits per heavy atom. The monoisotopic (exact) mass is 337 g/mol. The van der Waals surface area contributed by atoms with Gasteiger partial charge in [-0.05, 0) is 31.8 Å². The molecule has 0 spiro atoms. The molecule has 2 aromatic rings. The van der Waals surface area contributed by atoms with Gasteiger partial charge < -0.3 is 14.9 Å². The van der Waals surface area contributed by atoms with Gasteiger partial charge in [0.25, 0.3) is 0 Å². The van der Waals surface area contributed by atoms with Crippen LogP contribution in [0.25, 0.3) is 0 Å². The van der Waals surface area contributed by atoms with Gasteiger partial charge in [-0.1, -0.05) is 18.2 Å². The molecule has 1 aromatic carbocycles. The maximum atomic E-state index is 6.01. The van der Waals surface area contributed by atoms with Gasteiger partial charge in [-0.3, -0.25) is 5.01 Å². The van der Waals surface area contributed by atoms with Gasteiger partial charge in [-0.15, -0.1) is 5.10 Å². The molecule has 0 aliphatic carbocycles. The molecule has 3 rings (SSSR count). The molecule has 0 amide bonds. The van der Waals surface area contributed by atoms with Gasteiger partial charge in [0, 0.05) is 23.9 Å². The lowest BCUT2D eigenvalue weighted by molar-refractivity contribution is 0.109. The fraction of sp³-hybridized carbons (Fsp3) is 0.167. The van der Waals surface area contributed by atoms with E-state index in [4.69, 9.17) is 14.9 Å². The maximum Gasteiger partial charge on any atom is 0.240 e. The third-order valence-electron chi connectivity index (χ3n) is 3.73. The molecule has 128 valence electrons. The summed E-state index contributed by atoms with van der Waals surface area (Å²) in [6.45, 7) is 5.35. The first-order valence-electron chi connectivity index (χ1n) is 7.68. The van der Waals surface area contributed by atoms with E-state index in [1.54, 1.807) is 24.6 Å². The summed E-state index contributed by atoms with van der Waals surface area (Å²) >= 11 is 0. The molecule has 0 bridgehead atoms. The summed E-state index contributed by atoms with van der Waals surface area (Å²) in [6.07, 6.45) is 2.60. The molecular formula is C18H19N5O2. The van der Waals surface area contributed by atoms with Crippen LogP contribution in [0.5, 0.6) is 0 Å². The highest BCUT2D eigenvalue weighted by Crippen LogP contribution is 2.24. The highest BCUT2D eigenvalue weighted by molar-refractivity contribution is 5.99. The fourth-order valence-electron chi connectivity index (χ4n) is 2.38. The second-order valence-corrected chi connectivity index (χ2v) is 5.45. The summed E-state index contributed by atoms with van der Waals surface area (Å²) in [5.41, 5.74) is 8.88. The average molecular weight is 337 g/mol. The lowest BCUT2D eigenvalue weighted by atomic mass is 10.2. The van der Waals surface area contributed by atoms with E-state index in [9.17, 15) is 0 Å². The summed E-state index contributed by atoms with van der Waals surface area (Å²) < 4.78 is 11.1. The Morgan fingerprint density at radius 2 is 2.04 bits per heavy atom. The van der Waals surface area contributed by atoms with E-state index in [2.05, 4.69) is 21.8 Å². The predicted molar refractivity (Wildman–Crippen MR) is 97.3 cm³/mol. The summed E-state index contributed by atoms with van der Waals surface area (Å²) in [6, 6.07) is 11.4. The van der Waals surface area contributed by atoms with Crippen LogP contribution in [-0.4, -0.2) is 36.6 Å². The third-order valence-corrected chi connectivity index (χ3v) is 3.73. The van der Waals surface area contributed by atoms with Gasteiger partial charge >= 0.3 is 0 Å². The molecule has 7 nitrogen and oxygen atoms in total. The minimum atomic E-state index is -0.595. The van der Waals surface area contributed by atoms with E-state index >= 15 is 0 Å². The van der Waals surface area contributed by atoms with E-state index < -0.39 is 6.23 Å². The first kappa shape index (κ1) is 16.5. The Balaban J connectivity index is 1.92. The zero-order valence-corrected chi connectivity index (χ0v) is 14.1. The first-order chi connectivity index (χ1) is 12.1. The second kappa shape index (κ2) is 7.04. The van der Waals surface area contributed by atoms with Gasteiger partial charge in [0.15, 0.2) is 0 Å². The largest absolute Gasteiger partial charge is 0.472 e. The van der Waals surface area contributed by atoms with Crippen molar-refractivity contribution in [3.63, 3.8) is 0 Å². The maximum absolute atomic E-state index is 6.01. The Kier molecular flexibility index (Phi) is 4.65. The average Bonchev–Trinajstić information content (AvgIpc) is 3.29. The fourth-order valence-corrected chi connectivity index (χ4v) is 2.38. The van der Waals surface area contributed by atoms with Crippen molar-refractivity contribution < 1.29 is 9.15 Å². The summed E-state index contributed by atoms with van der Waals surface area (Å²) in [4.78, 5) is 8.41. The molecule has 0 radical (unpaired) electrons. The standard InChI is InChI=1S/C18H19N5O2/c1-12(14-9-10-24-11-14)21-15(16(19)20-2)18-23(3)22-17(25-18)13-7-5-4-6-8-13/h4-11,18H,2,19H2,1,3H3/b16-15-,21-12?. The zero-order valence-electron chi connectivity index (χ0n) is 14.1. The lowest BCUT2D eigenvalue weighted by Crippen LogP contribution is -2.28. The van der Waals surface area contributed by atoms with Gasteiger partial charge in [0.05, 0.1) is 12.5 Å². The van der Waals surface area contributed by atoms with Crippen molar-refractivity contribution in [2.45, 2.75) is 13.2 Å². The van der Waals surface area contributed by atoms with Crippen LogP contribution in [0.4, 0.5) is 0 Å². The summed E-state index contributed by atoms with van der Waals surface area (Å²) in [7, 11) is 1.79. The van der Waals surface area contributed by atoms with E-state index in [0.29, 0.717) is 11.6 Å². The number of likely N-dealkylation sites (N-methyl/N-ethyl adjacent to an activating group) is 1. The molecule has 1 aliphatic heterocycles. The number of nitrogens with zero attached hydrogens (tertiary/aromatic N) is 4. The molecule has 1 atom stereocenters. The molecule has 2 N–H and O–H groups in total. The van der Waals surface area contributed by atoms with Crippen molar-refractivity contribution in [3.05, 3.63) is 71.6 Å². The van der Waals surface area contributed by atoms with Gasteiger partial charge in [0.1, 0.15) is 11.5 Å². The Labute approximate surface area is 145 Å². The molecule has 1 unspecified atom stereocenters. The van der Waals surface area contributed by atoms with E-state index in [0.717, 1.165) is 16.8 Å². The van der Waals surface area contributed by atoms with Crippen LogP contribution in [0.15, 0.2) is 79.9 Å². The van der Waals surface area contributed by atoms with Crippen molar-refractivity contribution in [1.29, 1.82) is 0 Å². The van der Waals surface area contributed by atoms with E-state index in [-0.39, 0.29) is 5.82 Å². The van der Waals surface area contributed by atoms with Crippen LogP contribution in [0.1, 0.15) is 18.1 Å². The lowest BCUT2D eigenvalue weighted by Gasteiger charge is -2.19. The van der Waals surface area contributed by atoms with Crippen molar-refractivity contribution in [2.24, 2.45) is 20.8 Å². The number of hydrogen-bond acceptors (Lipinski definition) is 7. The highest BCUT2D eigenvalue weighted by Gasteiger charge is 2.31. The number of rotatable bonds is 5. The predicted octanol–water partition coefficient (Wildman–Crippen LogP) is 2.57. The Morgan fingerprint density at radius 3 is 2.68 bits per heavy atom. The van der Waals surface area contributed by atoms with Crippen molar-refractivity contribution >= 4 is 18.3 Å². The summed E-state index contributed by atoms with van der Waals surface area (Å²) in [5, 5.41) is 6.09. The molecule has 1 aliphatic rings. The smallest absolute Gasteiger partial charge is 0.240 e. The summed E-state index contributed by atoms with van der Waals surface area (Å²) in [5.74, 6) is 0.683. The minimum Gasteiger partial charge on any atom is -0.472 e. The number of furan rings is 1. The number of ether oxygens (including phenoxy) is 1. The van der Waals surface area contributed by atoms with E-state index in [1.165, 1.54) is 0 Å². The van der Waals surface area contributed by atoms with Crippen molar-refractivity contribution in [1.82, 2.24) is 5.01 Å². The normalized spacial score (nSPS) is 18.5. The number of aliphatic imine (C=N–C) groups is 2. The SMILES string of the molecule is C=N/C(N)=C(\N=C(C)c1ccoc1)C1OC(c2ccccc2)=NN1C. The molecule has 0 saturated heterocycles. The number of hydrazone groups is 1. The first-order valence-corrected chi connectivity index (χ1v) is 7.68. The van der Waals surface area contributed by atoms with Gasteiger partial charge in [-0.2, -0.15) is 0 Å². The molecule has 1 aromatic heterocycles. The van der Waals surface area contributed by atoms with Crippen LogP contribution >= 0.6 is 0 Å². The number of benzene rings is 1. The molecule has 7 heteroatoms. The second-order valence-electron chi connectivity index (χ2n) is 5.45. The van der Waals surface area contributed by atoms with Crippen LogP contribution in [0.2, 0.25) is 0 Å². The van der Waals surface area contributed by atoms with Crippen LogP contribution in [-0.2, 0) is 4.74 Å². The third kappa shape index (κ3) is 3.45. The van der Waals surface area contributed by atoms with Crippen molar-refractivity contribution in [2.75, 3.05) is 7.05 Å². The molecular weight excluding hydrogens is 318 g/mol. The van der Waals surface area contributed by atoms with Crippen LogP contribution in [0, 0.1) is 0 Å². The Bertz CT molecular complexity index is 838. The molecule has 2 heterocycles. The quantitative estimate of drug-likeness (QED) is 0.849. The van der Waals surface area contributed by atoms with E-state index in [1.807, 2.05) is 43.3 Å². The molecule has 25 heavy (non-hydrogen) atoms. The Hall–Kier alpha value is -3.35. The van der Waals surface area contributed by atoms with Crippen molar-refractivity contribution in [3.8, 4) is 0 Å². The van der Waals surface area contributed by atoms with Crippen LogP contribution < -0.4 is 5.73 Å². The molecule has 0 saturated carbocycles. The zero-order chi connectivity index (χ0) is 17.8. The number of hydrogen-bond donors (Lipinski definition) is 1. The molecule has 0 fully saturated rings. The number of nitrogens with two attached hydrogens (primary N) is 1. The van der Waals surface area contributed by atoms with Gasteiger partial charge in [-0.25, -0.2) is 9.98 Å². The van der Waals surface area contributed by atoms with Crippen LogP contribution in [0.3, 0.4) is 0 Å². The topological polar surface area (TPSA) is 88.7 Å². The minimum absolute atomic E-state index is 0.184. The highest BCUT2D eigenvalue weighted by atomic mass is 16.5. The van der Waals surface area contributed by atoms with Gasteiger partial charge in [0.2, 0.25) is 12.1 Å².